The van der Waals surface area contributed by atoms with Crippen LogP contribution in [0.15, 0.2) is 24.3 Å². The van der Waals surface area contributed by atoms with Crippen LogP contribution in [-0.4, -0.2) is 20.3 Å². The van der Waals surface area contributed by atoms with Crippen molar-refractivity contribution in [3.05, 3.63) is 29.8 Å². The van der Waals surface area contributed by atoms with Gasteiger partial charge >= 0.3 is 11.9 Å². The average Bonchev–Trinajstić information content (AvgIpc) is 2.35. The Bertz CT molecular complexity index is 559. The maximum absolute atomic E-state index is 11.2. The molecule has 1 aromatic rings. The number of rotatable bonds is 5. The van der Waals surface area contributed by atoms with Crippen molar-refractivity contribution in [2.75, 3.05) is 0 Å². The van der Waals surface area contributed by atoms with Gasteiger partial charge in [0.15, 0.2) is 0 Å². The number of hydrogen-bond acceptors (Lipinski definition) is 5. The van der Waals surface area contributed by atoms with Gasteiger partial charge in [-0.3, -0.25) is 9.59 Å². The van der Waals surface area contributed by atoms with Crippen LogP contribution < -0.4 is 4.43 Å². The summed E-state index contributed by atoms with van der Waals surface area (Å²) in [5.74, 6) is -0.364. The van der Waals surface area contributed by atoms with E-state index in [0.29, 0.717) is 11.3 Å². The van der Waals surface area contributed by atoms with Crippen LogP contribution in [0, 0.1) is 0 Å². The topological polar surface area (TPSA) is 61.8 Å². The van der Waals surface area contributed by atoms with Gasteiger partial charge in [-0.1, -0.05) is 32.9 Å². The highest BCUT2D eigenvalue weighted by Gasteiger charge is 2.39. The molecule has 0 aliphatic heterocycles. The first-order valence-electron chi connectivity index (χ1n) is 7.56. The Kier molecular flexibility index (Phi) is 5.99. The molecule has 0 saturated heterocycles. The lowest BCUT2D eigenvalue weighted by molar-refractivity contribution is -0.186. The fourth-order valence-corrected chi connectivity index (χ4v) is 2.66. The Morgan fingerprint density at radius 2 is 1.57 bits per heavy atom. The maximum atomic E-state index is 11.2. The van der Waals surface area contributed by atoms with Crippen molar-refractivity contribution in [3.8, 4) is 5.75 Å². The zero-order chi connectivity index (χ0) is 17.8. The largest absolute Gasteiger partial charge is 0.543 e. The maximum Gasteiger partial charge on any atom is 0.305 e. The van der Waals surface area contributed by atoms with Gasteiger partial charge < -0.3 is 13.9 Å². The molecule has 0 saturated carbocycles. The molecule has 0 amide bonds. The van der Waals surface area contributed by atoms with Crippen LogP contribution in [0.1, 0.15) is 46.5 Å². The Morgan fingerprint density at radius 1 is 1.04 bits per heavy atom. The molecule has 1 rings (SSSR count). The molecule has 0 aliphatic carbocycles. The van der Waals surface area contributed by atoms with E-state index >= 15 is 0 Å². The van der Waals surface area contributed by atoms with E-state index in [0.717, 1.165) is 0 Å². The highest BCUT2D eigenvalue weighted by Crippen LogP contribution is 2.37. The summed E-state index contributed by atoms with van der Waals surface area (Å²) < 4.78 is 16.4. The molecule has 128 valence electrons. The smallest absolute Gasteiger partial charge is 0.305 e. The molecule has 0 aromatic heterocycles. The number of carbonyl (C=O) groups is 2. The van der Waals surface area contributed by atoms with E-state index in [4.69, 9.17) is 13.9 Å². The molecular weight excluding hydrogens is 312 g/mol. The standard InChI is InChI=1S/C17H26O5Si/c1-12(18)20-16(21-13(2)19)14-9-8-10-15(11-14)22-23(6,7)17(3,4)5/h8-11,16H,1-7H3. The number of hydrogen-bond donors (Lipinski definition) is 0. The van der Waals surface area contributed by atoms with Gasteiger partial charge in [0.1, 0.15) is 5.75 Å². The summed E-state index contributed by atoms with van der Waals surface area (Å²) in [7, 11) is -1.98. The van der Waals surface area contributed by atoms with E-state index in [2.05, 4.69) is 33.9 Å². The van der Waals surface area contributed by atoms with Crippen LogP contribution >= 0.6 is 0 Å². The van der Waals surface area contributed by atoms with Crippen LogP contribution in [0.25, 0.3) is 0 Å². The summed E-state index contributed by atoms with van der Waals surface area (Å²) in [6.07, 6.45) is -1.06. The van der Waals surface area contributed by atoms with Gasteiger partial charge in [-0.15, -0.1) is 0 Å². The second kappa shape index (κ2) is 7.17. The second-order valence-electron chi connectivity index (χ2n) is 6.99. The quantitative estimate of drug-likeness (QED) is 0.457. The van der Waals surface area contributed by atoms with Gasteiger partial charge in [-0.2, -0.15) is 0 Å². The van der Waals surface area contributed by atoms with Crippen molar-refractivity contribution < 1.29 is 23.5 Å². The first kappa shape index (κ1) is 19.2. The lowest BCUT2D eigenvalue weighted by Gasteiger charge is -2.36. The normalized spacial score (nSPS) is 12.0. The first-order chi connectivity index (χ1) is 10.4. The average molecular weight is 338 g/mol. The molecule has 0 bridgehead atoms. The minimum Gasteiger partial charge on any atom is -0.543 e. The van der Waals surface area contributed by atoms with Crippen molar-refractivity contribution >= 4 is 20.3 Å². The van der Waals surface area contributed by atoms with Crippen molar-refractivity contribution in [2.24, 2.45) is 0 Å². The van der Waals surface area contributed by atoms with Crippen LogP contribution in [0.4, 0.5) is 0 Å². The van der Waals surface area contributed by atoms with E-state index in [9.17, 15) is 9.59 Å². The Hall–Kier alpha value is -1.82. The molecule has 0 heterocycles. The number of carbonyl (C=O) groups excluding carboxylic acids is 2. The summed E-state index contributed by atoms with van der Waals surface area (Å²) in [6, 6.07) is 7.12. The zero-order valence-corrected chi connectivity index (χ0v) is 15.9. The van der Waals surface area contributed by atoms with Crippen molar-refractivity contribution in [3.63, 3.8) is 0 Å². The van der Waals surface area contributed by atoms with Crippen LogP contribution in [-0.2, 0) is 19.1 Å². The third kappa shape index (κ3) is 5.71. The van der Waals surface area contributed by atoms with E-state index < -0.39 is 26.5 Å². The molecule has 0 spiro atoms. The molecule has 23 heavy (non-hydrogen) atoms. The minimum absolute atomic E-state index is 0.0637. The third-order valence-electron chi connectivity index (χ3n) is 3.86. The molecule has 0 aliphatic rings. The molecule has 0 radical (unpaired) electrons. The molecule has 0 atom stereocenters. The predicted octanol–water partition coefficient (Wildman–Crippen LogP) is 4.20. The monoisotopic (exact) mass is 338 g/mol. The zero-order valence-electron chi connectivity index (χ0n) is 14.9. The van der Waals surface area contributed by atoms with Gasteiger partial charge in [-0.05, 0) is 30.3 Å². The summed E-state index contributed by atoms with van der Waals surface area (Å²) in [5, 5.41) is 0.0637. The van der Waals surface area contributed by atoms with Gasteiger partial charge in [0.25, 0.3) is 6.29 Å². The molecular formula is C17H26O5Si. The summed E-state index contributed by atoms with van der Waals surface area (Å²) in [6.45, 7) is 13.3. The van der Waals surface area contributed by atoms with Crippen LogP contribution in [0.5, 0.6) is 5.75 Å². The number of esters is 2. The molecule has 1 aromatic carbocycles. The molecule has 0 unspecified atom stereocenters. The van der Waals surface area contributed by atoms with Crippen LogP contribution in [0.2, 0.25) is 18.1 Å². The van der Waals surface area contributed by atoms with E-state index in [1.54, 1.807) is 18.2 Å². The highest BCUT2D eigenvalue weighted by atomic mass is 28.4. The van der Waals surface area contributed by atoms with E-state index in [1.165, 1.54) is 13.8 Å². The molecule has 0 fully saturated rings. The second-order valence-corrected chi connectivity index (χ2v) is 11.7. The Labute approximate surface area is 139 Å². The molecule has 6 heteroatoms. The van der Waals surface area contributed by atoms with E-state index in [-0.39, 0.29) is 5.04 Å². The molecule has 0 N–H and O–H groups in total. The summed E-state index contributed by atoms with van der Waals surface area (Å²) in [5.41, 5.74) is 0.562. The minimum atomic E-state index is -1.98. The van der Waals surface area contributed by atoms with Gasteiger partial charge in [0.2, 0.25) is 8.32 Å². The predicted molar refractivity (Wildman–Crippen MR) is 90.5 cm³/mol. The summed E-state index contributed by atoms with van der Waals surface area (Å²) in [4.78, 5) is 22.4. The van der Waals surface area contributed by atoms with Crippen LogP contribution in [0.3, 0.4) is 0 Å². The van der Waals surface area contributed by atoms with E-state index in [1.807, 2.05) is 6.07 Å². The fourth-order valence-electron chi connectivity index (χ4n) is 1.63. The van der Waals surface area contributed by atoms with Crippen molar-refractivity contribution in [1.82, 2.24) is 0 Å². The van der Waals surface area contributed by atoms with Crippen molar-refractivity contribution in [2.45, 2.75) is 59.0 Å². The Morgan fingerprint density at radius 3 is 2.00 bits per heavy atom. The van der Waals surface area contributed by atoms with Gasteiger partial charge in [-0.25, -0.2) is 0 Å². The molecule has 5 nitrogen and oxygen atoms in total. The number of benzene rings is 1. The van der Waals surface area contributed by atoms with Crippen molar-refractivity contribution in [1.29, 1.82) is 0 Å². The summed E-state index contributed by atoms with van der Waals surface area (Å²) >= 11 is 0. The highest BCUT2D eigenvalue weighted by molar-refractivity contribution is 6.74. The van der Waals surface area contributed by atoms with Gasteiger partial charge in [0.05, 0.1) is 0 Å². The lowest BCUT2D eigenvalue weighted by atomic mass is 10.2. The first-order valence-corrected chi connectivity index (χ1v) is 10.5. The lowest BCUT2D eigenvalue weighted by Crippen LogP contribution is -2.43. The fraction of sp³-hybridized carbons (Fsp3) is 0.529. The number of ether oxygens (including phenoxy) is 2. The SMILES string of the molecule is CC(=O)OC(OC(C)=O)c1cccc(O[Si](C)(C)C(C)(C)C)c1. The third-order valence-corrected chi connectivity index (χ3v) is 8.21. The van der Waals surface area contributed by atoms with Gasteiger partial charge in [0, 0.05) is 19.4 Å². The Balaban J connectivity index is 3.06.